The van der Waals surface area contributed by atoms with Gasteiger partial charge in [0.25, 0.3) is 5.91 Å². The molecule has 3 amide bonds. The van der Waals surface area contributed by atoms with E-state index in [1.54, 1.807) is 23.5 Å². The highest BCUT2D eigenvalue weighted by molar-refractivity contribution is 5.95. The molecule has 0 aliphatic carbocycles. The van der Waals surface area contributed by atoms with Crippen molar-refractivity contribution in [1.82, 2.24) is 10.3 Å². The molecule has 8 nitrogen and oxygen atoms in total. The van der Waals surface area contributed by atoms with E-state index in [-0.39, 0.29) is 5.89 Å². The number of esters is 1. The number of carbonyl (C=O) groups excluding carboxylic acids is 3. The topological polar surface area (TPSA) is 125 Å². The quantitative estimate of drug-likeness (QED) is 0.626. The Bertz CT molecular complexity index is 686. The highest BCUT2D eigenvalue weighted by Crippen LogP contribution is 2.15. The highest BCUT2D eigenvalue weighted by Gasteiger charge is 2.07. The molecule has 0 saturated heterocycles. The number of nitrogens with zero attached hydrogens (tertiary/aromatic N) is 1. The molecule has 1 aromatic carbocycles. The second-order valence-corrected chi connectivity index (χ2v) is 3.87. The van der Waals surface area contributed by atoms with Gasteiger partial charge in [-0.3, -0.25) is 10.1 Å². The summed E-state index contributed by atoms with van der Waals surface area (Å²) in [5, 5.41) is 1.76. The zero-order chi connectivity index (χ0) is 15.2. The van der Waals surface area contributed by atoms with Crippen LogP contribution >= 0.6 is 0 Å². The monoisotopic (exact) mass is 289 g/mol. The number of oxazole rings is 1. The predicted octanol–water partition coefficient (Wildman–Crippen LogP) is 0.579. The fourth-order valence-electron chi connectivity index (χ4n) is 1.46. The zero-order valence-electron chi connectivity index (χ0n) is 10.7. The largest absolute Gasteiger partial charge is 0.452 e. The van der Waals surface area contributed by atoms with Crippen LogP contribution in [0.3, 0.4) is 0 Å². The van der Waals surface area contributed by atoms with Crippen molar-refractivity contribution in [3.8, 4) is 0 Å². The van der Waals surface area contributed by atoms with Crippen molar-refractivity contribution in [1.29, 1.82) is 0 Å². The maximum absolute atomic E-state index is 11.3. The number of para-hydroxylation sites is 2. The van der Waals surface area contributed by atoms with Crippen molar-refractivity contribution < 1.29 is 23.5 Å². The number of urea groups is 1. The molecule has 0 aliphatic heterocycles. The summed E-state index contributed by atoms with van der Waals surface area (Å²) in [6.07, 6.45) is 2.37. The molecule has 0 aliphatic rings. The van der Waals surface area contributed by atoms with E-state index in [0.29, 0.717) is 11.1 Å². The average Bonchev–Trinajstić information content (AvgIpc) is 2.85. The molecular weight excluding hydrogens is 278 g/mol. The number of imide groups is 1. The van der Waals surface area contributed by atoms with Gasteiger partial charge in [-0.25, -0.2) is 14.6 Å². The standard InChI is InChI=1S/C13H11N3O5/c14-13(19)16-10(17)7-20-12(18)6-5-11-15-8-3-1-2-4-9(8)21-11/h1-6H,7H2,(H3,14,16,17,19)/b6-5+. The third-order valence-electron chi connectivity index (χ3n) is 2.28. The maximum Gasteiger partial charge on any atom is 0.331 e. The fraction of sp³-hybridized carbons (Fsp3) is 0.0769. The van der Waals surface area contributed by atoms with Crippen molar-refractivity contribution in [2.75, 3.05) is 6.61 Å². The maximum atomic E-state index is 11.3. The number of nitrogens with one attached hydrogen (secondary N) is 1. The third kappa shape index (κ3) is 4.16. The molecule has 0 fully saturated rings. The summed E-state index contributed by atoms with van der Waals surface area (Å²) in [6, 6.07) is 6.10. The molecule has 0 spiro atoms. The molecule has 0 saturated carbocycles. The van der Waals surface area contributed by atoms with E-state index >= 15 is 0 Å². The van der Waals surface area contributed by atoms with Gasteiger partial charge in [0, 0.05) is 12.2 Å². The minimum Gasteiger partial charge on any atom is -0.452 e. The second kappa shape index (κ2) is 6.33. The number of primary amides is 1. The lowest BCUT2D eigenvalue weighted by atomic mass is 10.3. The van der Waals surface area contributed by atoms with Gasteiger partial charge in [-0.05, 0) is 12.1 Å². The number of aromatic nitrogens is 1. The van der Waals surface area contributed by atoms with Gasteiger partial charge in [0.2, 0.25) is 5.89 Å². The predicted molar refractivity (Wildman–Crippen MR) is 71.7 cm³/mol. The Kier molecular flexibility index (Phi) is 4.30. The van der Waals surface area contributed by atoms with Crippen LogP contribution in [-0.4, -0.2) is 29.5 Å². The van der Waals surface area contributed by atoms with Gasteiger partial charge in [0.05, 0.1) is 0 Å². The SMILES string of the molecule is NC(=O)NC(=O)COC(=O)/C=C/c1nc2ccccc2o1. The number of rotatable bonds is 4. The van der Waals surface area contributed by atoms with Gasteiger partial charge in [-0.1, -0.05) is 12.1 Å². The molecule has 1 aromatic heterocycles. The molecule has 2 rings (SSSR count). The van der Waals surface area contributed by atoms with Gasteiger partial charge in [-0.2, -0.15) is 0 Å². The first-order chi connectivity index (χ1) is 10.0. The van der Waals surface area contributed by atoms with Crippen LogP contribution in [0.4, 0.5) is 4.79 Å². The molecular formula is C13H11N3O5. The number of benzene rings is 1. The molecule has 2 aromatic rings. The summed E-state index contributed by atoms with van der Waals surface area (Å²) >= 11 is 0. The van der Waals surface area contributed by atoms with E-state index < -0.39 is 24.5 Å². The number of hydrogen-bond acceptors (Lipinski definition) is 6. The van der Waals surface area contributed by atoms with E-state index in [4.69, 9.17) is 10.2 Å². The molecule has 3 N–H and O–H groups in total. The number of hydrogen-bond donors (Lipinski definition) is 2. The van der Waals surface area contributed by atoms with Crippen LogP contribution < -0.4 is 11.1 Å². The number of nitrogens with two attached hydrogens (primary N) is 1. The molecule has 0 unspecified atom stereocenters. The normalized spacial score (nSPS) is 10.7. The van der Waals surface area contributed by atoms with E-state index in [2.05, 4.69) is 9.72 Å². The van der Waals surface area contributed by atoms with Gasteiger partial charge >= 0.3 is 12.0 Å². The van der Waals surface area contributed by atoms with Crippen molar-refractivity contribution in [3.05, 3.63) is 36.2 Å². The third-order valence-corrected chi connectivity index (χ3v) is 2.28. The van der Waals surface area contributed by atoms with Crippen LogP contribution in [0.25, 0.3) is 17.2 Å². The summed E-state index contributed by atoms with van der Waals surface area (Å²) in [6.45, 7) is -0.611. The molecule has 0 radical (unpaired) electrons. The summed E-state index contributed by atoms with van der Waals surface area (Å²) in [5.74, 6) is -1.36. The first kappa shape index (κ1) is 14.3. The molecule has 0 bridgehead atoms. The van der Waals surface area contributed by atoms with Crippen LogP contribution in [0.2, 0.25) is 0 Å². The minimum atomic E-state index is -1.02. The lowest BCUT2D eigenvalue weighted by Gasteiger charge is -2.00. The highest BCUT2D eigenvalue weighted by atomic mass is 16.5. The van der Waals surface area contributed by atoms with Gasteiger partial charge in [-0.15, -0.1) is 0 Å². The van der Waals surface area contributed by atoms with Crippen molar-refractivity contribution in [3.63, 3.8) is 0 Å². The lowest BCUT2D eigenvalue weighted by Crippen LogP contribution is -2.37. The van der Waals surface area contributed by atoms with Crippen LogP contribution in [-0.2, 0) is 14.3 Å². The average molecular weight is 289 g/mol. The van der Waals surface area contributed by atoms with Crippen LogP contribution in [0, 0.1) is 0 Å². The van der Waals surface area contributed by atoms with E-state index in [1.807, 2.05) is 6.07 Å². The van der Waals surface area contributed by atoms with Crippen molar-refractivity contribution >= 4 is 35.1 Å². The Morgan fingerprint density at radius 1 is 1.33 bits per heavy atom. The Labute approximate surface area is 118 Å². The van der Waals surface area contributed by atoms with Crippen LogP contribution in [0.1, 0.15) is 5.89 Å². The van der Waals surface area contributed by atoms with E-state index in [9.17, 15) is 14.4 Å². The lowest BCUT2D eigenvalue weighted by molar-refractivity contribution is -0.143. The van der Waals surface area contributed by atoms with Crippen molar-refractivity contribution in [2.45, 2.75) is 0 Å². The minimum absolute atomic E-state index is 0.231. The number of amides is 3. The summed E-state index contributed by atoms with van der Waals surface area (Å²) in [7, 11) is 0. The van der Waals surface area contributed by atoms with Gasteiger partial charge in [0.15, 0.2) is 12.2 Å². The number of fused-ring (bicyclic) bond motifs is 1. The Hall–Kier alpha value is -3.16. The van der Waals surface area contributed by atoms with Gasteiger partial charge < -0.3 is 14.9 Å². The van der Waals surface area contributed by atoms with E-state index in [1.165, 1.54) is 6.08 Å². The van der Waals surface area contributed by atoms with Crippen LogP contribution in [0.15, 0.2) is 34.8 Å². The Morgan fingerprint density at radius 2 is 2.10 bits per heavy atom. The molecule has 8 heteroatoms. The number of carbonyl (C=O) groups is 3. The smallest absolute Gasteiger partial charge is 0.331 e. The first-order valence-corrected chi connectivity index (χ1v) is 5.84. The molecule has 108 valence electrons. The summed E-state index contributed by atoms with van der Waals surface area (Å²) in [4.78, 5) is 36.8. The number of ether oxygens (including phenoxy) is 1. The first-order valence-electron chi connectivity index (χ1n) is 5.84. The Morgan fingerprint density at radius 3 is 2.81 bits per heavy atom. The summed E-state index contributed by atoms with van der Waals surface area (Å²) < 4.78 is 9.94. The molecule has 1 heterocycles. The summed E-state index contributed by atoms with van der Waals surface area (Å²) in [5.41, 5.74) is 5.97. The fourth-order valence-corrected chi connectivity index (χ4v) is 1.46. The van der Waals surface area contributed by atoms with E-state index in [0.717, 1.165) is 6.08 Å². The van der Waals surface area contributed by atoms with Gasteiger partial charge in [0.1, 0.15) is 5.52 Å². The molecule has 0 atom stereocenters. The second-order valence-electron chi connectivity index (χ2n) is 3.87. The molecule has 21 heavy (non-hydrogen) atoms. The van der Waals surface area contributed by atoms with Crippen molar-refractivity contribution in [2.24, 2.45) is 5.73 Å². The zero-order valence-corrected chi connectivity index (χ0v) is 10.7. The van der Waals surface area contributed by atoms with Crippen LogP contribution in [0.5, 0.6) is 0 Å². The Balaban J connectivity index is 1.90.